The molecule has 1 fully saturated rings. The van der Waals surface area contributed by atoms with Crippen LogP contribution >= 0.6 is 0 Å². The van der Waals surface area contributed by atoms with Crippen LogP contribution in [0.15, 0.2) is 59.4 Å². The molecule has 1 saturated heterocycles. The lowest BCUT2D eigenvalue weighted by Gasteiger charge is -2.32. The van der Waals surface area contributed by atoms with Gasteiger partial charge in [-0.25, -0.2) is 9.97 Å². The molecule has 1 aliphatic heterocycles. The van der Waals surface area contributed by atoms with E-state index >= 15 is 0 Å². The molecule has 7 nitrogen and oxygen atoms in total. The minimum Gasteiger partial charge on any atom is -0.450 e. The number of benzene rings is 1. The number of pyridine rings is 1. The summed E-state index contributed by atoms with van der Waals surface area (Å²) in [6.45, 7) is 1.89. The van der Waals surface area contributed by atoms with Gasteiger partial charge < -0.3 is 14.6 Å². The molecule has 29 heavy (non-hydrogen) atoms. The number of amides is 1. The number of furan rings is 1. The number of fused-ring (bicyclic) bond motifs is 3. The zero-order valence-corrected chi connectivity index (χ0v) is 15.9. The van der Waals surface area contributed by atoms with Crippen molar-refractivity contribution >= 4 is 33.8 Å². The Morgan fingerprint density at radius 2 is 2.03 bits per heavy atom. The zero-order valence-electron chi connectivity index (χ0n) is 15.9. The highest BCUT2D eigenvalue weighted by Crippen LogP contribution is 2.33. The molecule has 0 radical (unpaired) electrons. The van der Waals surface area contributed by atoms with Crippen LogP contribution in [0.1, 0.15) is 18.5 Å². The first-order chi connectivity index (χ1) is 14.3. The predicted molar refractivity (Wildman–Crippen MR) is 110 cm³/mol. The van der Waals surface area contributed by atoms with Crippen LogP contribution in [-0.2, 0) is 11.3 Å². The highest BCUT2D eigenvalue weighted by atomic mass is 16.3. The normalized spacial score (nSPS) is 17.0. The van der Waals surface area contributed by atoms with Crippen LogP contribution in [0.25, 0.3) is 22.1 Å². The minimum atomic E-state index is -0.0955. The van der Waals surface area contributed by atoms with E-state index in [2.05, 4.69) is 25.2 Å². The van der Waals surface area contributed by atoms with Gasteiger partial charge in [0, 0.05) is 24.7 Å². The molecule has 1 atom stereocenters. The number of nitrogens with zero attached hydrogens (tertiary/aromatic N) is 4. The smallest absolute Gasteiger partial charge is 0.225 e. The summed E-state index contributed by atoms with van der Waals surface area (Å²) in [5.41, 5.74) is 3.15. The first kappa shape index (κ1) is 17.6. The van der Waals surface area contributed by atoms with Gasteiger partial charge in [-0.05, 0) is 37.1 Å². The van der Waals surface area contributed by atoms with Gasteiger partial charge in [0.2, 0.25) is 5.91 Å². The number of hydrogen-bond donors (Lipinski definition) is 1. The van der Waals surface area contributed by atoms with Crippen molar-refractivity contribution in [3.63, 3.8) is 0 Å². The Kier molecular flexibility index (Phi) is 4.56. The van der Waals surface area contributed by atoms with Crippen LogP contribution in [0.5, 0.6) is 0 Å². The molecule has 0 unspecified atom stereocenters. The highest BCUT2D eigenvalue weighted by molar-refractivity contribution is 6.05. The minimum absolute atomic E-state index is 0.0512. The fourth-order valence-electron chi connectivity index (χ4n) is 3.95. The third-order valence-electron chi connectivity index (χ3n) is 5.40. The van der Waals surface area contributed by atoms with Gasteiger partial charge in [0.25, 0.3) is 0 Å². The van der Waals surface area contributed by atoms with Gasteiger partial charge in [-0.1, -0.05) is 18.2 Å². The molecule has 1 amide bonds. The number of piperidine rings is 1. The molecule has 1 N–H and O–H groups in total. The molecule has 4 heterocycles. The largest absolute Gasteiger partial charge is 0.450 e. The topological polar surface area (TPSA) is 84.2 Å². The Labute approximate surface area is 167 Å². The van der Waals surface area contributed by atoms with Crippen molar-refractivity contribution in [2.75, 3.05) is 18.0 Å². The average molecular weight is 387 g/mol. The predicted octanol–water partition coefficient (Wildman–Crippen LogP) is 3.30. The number of anilines is 1. The summed E-state index contributed by atoms with van der Waals surface area (Å²) in [5, 5.41) is 3.99. The standard InChI is InChI=1S/C22H21N5O2/c28-22(24-12-16-7-3-4-10-23-16)15-6-5-11-27(13-15)21-20-19(25-14-26-21)17-8-1-2-9-18(17)29-20/h1-4,7-10,14-15H,5-6,11-13H2,(H,24,28)/t15-/m1/s1. The molecule has 0 bridgehead atoms. The van der Waals surface area contributed by atoms with Crippen molar-refractivity contribution in [3.8, 4) is 0 Å². The fraction of sp³-hybridized carbons (Fsp3) is 0.273. The molecule has 1 aliphatic rings. The van der Waals surface area contributed by atoms with Crippen LogP contribution in [0, 0.1) is 5.92 Å². The fourth-order valence-corrected chi connectivity index (χ4v) is 3.95. The van der Waals surface area contributed by atoms with Gasteiger partial charge in [-0.3, -0.25) is 9.78 Å². The van der Waals surface area contributed by atoms with Crippen molar-refractivity contribution in [1.82, 2.24) is 20.3 Å². The highest BCUT2D eigenvalue weighted by Gasteiger charge is 2.28. The van der Waals surface area contributed by atoms with Gasteiger partial charge in [0.1, 0.15) is 17.4 Å². The van der Waals surface area contributed by atoms with Crippen LogP contribution < -0.4 is 10.2 Å². The summed E-state index contributed by atoms with van der Waals surface area (Å²) in [6, 6.07) is 13.6. The van der Waals surface area contributed by atoms with E-state index in [1.54, 1.807) is 12.5 Å². The quantitative estimate of drug-likeness (QED) is 0.578. The Morgan fingerprint density at radius 3 is 2.93 bits per heavy atom. The van der Waals surface area contributed by atoms with Gasteiger partial charge in [0.05, 0.1) is 18.2 Å². The second kappa shape index (κ2) is 7.50. The number of para-hydroxylation sites is 1. The Hall–Kier alpha value is -3.48. The van der Waals surface area contributed by atoms with Crippen molar-refractivity contribution in [1.29, 1.82) is 0 Å². The summed E-state index contributed by atoms with van der Waals surface area (Å²) in [6.07, 6.45) is 5.09. The van der Waals surface area contributed by atoms with E-state index in [9.17, 15) is 4.79 Å². The molecule has 4 aromatic rings. The van der Waals surface area contributed by atoms with Gasteiger partial charge in [-0.15, -0.1) is 0 Å². The van der Waals surface area contributed by atoms with Crippen LogP contribution in [-0.4, -0.2) is 33.9 Å². The maximum atomic E-state index is 12.7. The zero-order chi connectivity index (χ0) is 19.6. The molecule has 7 heteroatoms. The summed E-state index contributed by atoms with van der Waals surface area (Å²) >= 11 is 0. The molecular formula is C22H21N5O2. The lowest BCUT2D eigenvalue weighted by atomic mass is 9.97. The third kappa shape index (κ3) is 3.40. The summed E-state index contributed by atoms with van der Waals surface area (Å²) in [4.78, 5) is 28.0. The van der Waals surface area contributed by atoms with Crippen molar-refractivity contribution < 1.29 is 9.21 Å². The Bertz CT molecular complexity index is 1160. The SMILES string of the molecule is O=C(NCc1ccccn1)[C@@H]1CCCN(c2ncnc3c2oc2ccccc23)C1. The maximum Gasteiger partial charge on any atom is 0.225 e. The van der Waals surface area contributed by atoms with Crippen LogP contribution in [0.2, 0.25) is 0 Å². The lowest BCUT2D eigenvalue weighted by molar-refractivity contribution is -0.125. The number of rotatable bonds is 4. The monoisotopic (exact) mass is 387 g/mol. The van der Waals surface area contributed by atoms with E-state index in [4.69, 9.17) is 4.42 Å². The van der Waals surface area contributed by atoms with Crippen LogP contribution in [0.4, 0.5) is 5.82 Å². The van der Waals surface area contributed by atoms with Gasteiger partial charge >= 0.3 is 0 Å². The van der Waals surface area contributed by atoms with E-state index in [0.29, 0.717) is 18.7 Å². The molecule has 0 saturated carbocycles. The second-order valence-electron chi connectivity index (χ2n) is 7.30. The summed E-state index contributed by atoms with van der Waals surface area (Å²) in [5.74, 6) is 0.713. The average Bonchev–Trinajstić information content (AvgIpc) is 3.17. The van der Waals surface area contributed by atoms with E-state index in [1.165, 1.54) is 0 Å². The molecule has 3 aromatic heterocycles. The molecular weight excluding hydrogens is 366 g/mol. The van der Waals surface area contributed by atoms with E-state index in [-0.39, 0.29) is 11.8 Å². The van der Waals surface area contributed by atoms with Crippen LogP contribution in [0.3, 0.4) is 0 Å². The first-order valence-electron chi connectivity index (χ1n) is 9.84. The molecule has 5 rings (SSSR count). The second-order valence-corrected chi connectivity index (χ2v) is 7.30. The molecule has 0 spiro atoms. The number of carbonyl (C=O) groups excluding carboxylic acids is 1. The summed E-state index contributed by atoms with van der Waals surface area (Å²) in [7, 11) is 0. The Balaban J connectivity index is 1.36. The molecule has 146 valence electrons. The van der Waals surface area contributed by atoms with E-state index in [0.717, 1.165) is 47.4 Å². The van der Waals surface area contributed by atoms with Gasteiger partial charge in [-0.2, -0.15) is 0 Å². The molecule has 0 aliphatic carbocycles. The number of hydrogen-bond acceptors (Lipinski definition) is 6. The number of carbonyl (C=O) groups is 1. The van der Waals surface area contributed by atoms with E-state index < -0.39 is 0 Å². The van der Waals surface area contributed by atoms with E-state index in [1.807, 2.05) is 42.5 Å². The number of nitrogens with one attached hydrogen (secondary N) is 1. The van der Waals surface area contributed by atoms with Gasteiger partial charge in [0.15, 0.2) is 11.4 Å². The van der Waals surface area contributed by atoms with Crippen molar-refractivity contribution in [2.24, 2.45) is 5.92 Å². The summed E-state index contributed by atoms with van der Waals surface area (Å²) < 4.78 is 6.06. The molecule has 1 aromatic carbocycles. The first-order valence-corrected chi connectivity index (χ1v) is 9.84. The van der Waals surface area contributed by atoms with Crippen molar-refractivity contribution in [2.45, 2.75) is 19.4 Å². The van der Waals surface area contributed by atoms with Crippen molar-refractivity contribution in [3.05, 3.63) is 60.7 Å². The third-order valence-corrected chi connectivity index (χ3v) is 5.40. The lowest BCUT2D eigenvalue weighted by Crippen LogP contribution is -2.43. The maximum absolute atomic E-state index is 12.7. The Morgan fingerprint density at radius 1 is 1.14 bits per heavy atom. The number of aromatic nitrogens is 3.